The van der Waals surface area contributed by atoms with Crippen molar-refractivity contribution in [2.45, 2.75) is 20.4 Å². The number of hydrogen-bond acceptors (Lipinski definition) is 5. The summed E-state index contributed by atoms with van der Waals surface area (Å²) in [6, 6.07) is 14.8. The van der Waals surface area contributed by atoms with Crippen LogP contribution in [0.4, 0.5) is 0 Å². The summed E-state index contributed by atoms with van der Waals surface area (Å²) < 4.78 is 10.4. The lowest BCUT2D eigenvalue weighted by atomic mass is 10.1. The molecular formula is C22H21ClN2O4. The van der Waals surface area contributed by atoms with Crippen LogP contribution in [-0.2, 0) is 16.1 Å². The van der Waals surface area contributed by atoms with E-state index < -0.39 is 5.97 Å². The molecule has 0 N–H and O–H groups in total. The number of aromatic nitrogens is 1. The van der Waals surface area contributed by atoms with Gasteiger partial charge in [-0.25, -0.2) is 4.79 Å². The summed E-state index contributed by atoms with van der Waals surface area (Å²) >= 11 is 6.21. The lowest BCUT2D eigenvalue weighted by Crippen LogP contribution is -2.31. The number of carbonyl (C=O) groups is 2. The van der Waals surface area contributed by atoms with Crippen molar-refractivity contribution < 1.29 is 18.8 Å². The second kappa shape index (κ2) is 8.92. The predicted octanol–water partition coefficient (Wildman–Crippen LogP) is 4.43. The highest BCUT2D eigenvalue weighted by atomic mass is 35.5. The van der Waals surface area contributed by atoms with Gasteiger partial charge < -0.3 is 14.2 Å². The van der Waals surface area contributed by atoms with Crippen molar-refractivity contribution in [1.82, 2.24) is 10.1 Å². The molecule has 0 saturated carbocycles. The quantitative estimate of drug-likeness (QED) is 0.560. The normalized spacial score (nSPS) is 10.6. The Balaban J connectivity index is 1.68. The van der Waals surface area contributed by atoms with Gasteiger partial charge in [0.2, 0.25) is 0 Å². The molecular weight excluding hydrogens is 392 g/mol. The van der Waals surface area contributed by atoms with Gasteiger partial charge in [0, 0.05) is 19.2 Å². The van der Waals surface area contributed by atoms with Crippen molar-refractivity contribution in [1.29, 1.82) is 0 Å². The third kappa shape index (κ3) is 4.66. The van der Waals surface area contributed by atoms with Gasteiger partial charge >= 0.3 is 5.97 Å². The predicted molar refractivity (Wildman–Crippen MR) is 110 cm³/mol. The maximum Gasteiger partial charge on any atom is 0.344 e. The van der Waals surface area contributed by atoms with Crippen molar-refractivity contribution >= 4 is 23.5 Å². The molecule has 0 fully saturated rings. The maximum absolute atomic E-state index is 12.6. The molecule has 6 nitrogen and oxygen atoms in total. The molecule has 0 saturated heterocycles. The van der Waals surface area contributed by atoms with Gasteiger partial charge in [0.15, 0.2) is 6.61 Å². The fraction of sp³-hybridized carbons (Fsp3) is 0.227. The molecule has 1 aromatic heterocycles. The van der Waals surface area contributed by atoms with Crippen LogP contribution < -0.4 is 0 Å². The molecule has 2 aromatic carbocycles. The van der Waals surface area contributed by atoms with E-state index in [2.05, 4.69) is 5.16 Å². The van der Waals surface area contributed by atoms with Crippen LogP contribution >= 0.6 is 11.6 Å². The fourth-order valence-electron chi connectivity index (χ4n) is 2.89. The highest BCUT2D eigenvalue weighted by Gasteiger charge is 2.25. The Labute approximate surface area is 174 Å². The van der Waals surface area contributed by atoms with Crippen molar-refractivity contribution in [2.75, 3.05) is 13.7 Å². The molecule has 0 bridgehead atoms. The minimum Gasteiger partial charge on any atom is -0.452 e. The van der Waals surface area contributed by atoms with Gasteiger partial charge in [-0.05, 0) is 31.0 Å². The molecule has 3 rings (SSSR count). The summed E-state index contributed by atoms with van der Waals surface area (Å²) in [4.78, 5) is 26.6. The topological polar surface area (TPSA) is 72.6 Å². The summed E-state index contributed by atoms with van der Waals surface area (Å²) in [5.74, 6) is -0.697. The molecule has 7 heteroatoms. The van der Waals surface area contributed by atoms with Gasteiger partial charge in [-0.2, -0.15) is 0 Å². The third-order valence-corrected chi connectivity index (χ3v) is 4.95. The van der Waals surface area contributed by atoms with E-state index in [1.165, 1.54) is 4.90 Å². The number of nitrogens with zero attached hydrogens (tertiary/aromatic N) is 2. The average Bonchev–Trinajstić information content (AvgIpc) is 3.09. The molecule has 0 aliphatic carbocycles. The van der Waals surface area contributed by atoms with Gasteiger partial charge in [0.05, 0.1) is 5.02 Å². The SMILES string of the molecule is Cc1ccccc1CN(C)C(=O)COC(=O)c1c(-c2ccccc2Cl)noc1C. The van der Waals surface area contributed by atoms with E-state index in [-0.39, 0.29) is 18.1 Å². The minimum absolute atomic E-state index is 0.160. The molecule has 0 unspecified atom stereocenters. The number of ether oxygens (including phenoxy) is 1. The van der Waals surface area contributed by atoms with E-state index in [1.54, 1.807) is 38.2 Å². The Morgan fingerprint density at radius 3 is 2.52 bits per heavy atom. The van der Waals surface area contributed by atoms with Gasteiger partial charge in [0.1, 0.15) is 17.0 Å². The second-order valence-electron chi connectivity index (χ2n) is 6.69. The van der Waals surface area contributed by atoms with Crippen LogP contribution in [-0.4, -0.2) is 35.6 Å². The molecule has 0 atom stereocenters. The number of carbonyl (C=O) groups excluding carboxylic acids is 2. The number of benzene rings is 2. The van der Waals surface area contributed by atoms with Crippen LogP contribution in [0, 0.1) is 13.8 Å². The zero-order valence-corrected chi connectivity index (χ0v) is 17.2. The summed E-state index contributed by atoms with van der Waals surface area (Å²) in [6.45, 7) is 3.64. The summed E-state index contributed by atoms with van der Waals surface area (Å²) in [5.41, 5.74) is 3.13. The largest absolute Gasteiger partial charge is 0.452 e. The van der Waals surface area contributed by atoms with Crippen LogP contribution in [0.15, 0.2) is 53.1 Å². The molecule has 0 radical (unpaired) electrons. The third-order valence-electron chi connectivity index (χ3n) is 4.62. The van der Waals surface area contributed by atoms with Crippen LogP contribution in [0.1, 0.15) is 27.2 Å². The number of esters is 1. The maximum atomic E-state index is 12.6. The number of hydrogen-bond donors (Lipinski definition) is 0. The number of aryl methyl sites for hydroxylation is 2. The standard InChI is InChI=1S/C22H21ClN2O4/c1-14-8-4-5-9-16(14)12-25(3)19(26)13-28-22(27)20-15(2)29-24-21(20)17-10-6-7-11-18(17)23/h4-11H,12-13H2,1-3H3. The minimum atomic E-state index is -0.684. The van der Waals surface area contributed by atoms with E-state index in [4.69, 9.17) is 20.9 Å². The Kier molecular flexibility index (Phi) is 6.34. The molecule has 0 aliphatic rings. The van der Waals surface area contributed by atoms with Crippen molar-refractivity contribution in [3.8, 4) is 11.3 Å². The second-order valence-corrected chi connectivity index (χ2v) is 7.10. The Bertz CT molecular complexity index is 1040. The highest BCUT2D eigenvalue weighted by molar-refractivity contribution is 6.33. The summed E-state index contributed by atoms with van der Waals surface area (Å²) in [7, 11) is 1.67. The monoisotopic (exact) mass is 412 g/mol. The lowest BCUT2D eigenvalue weighted by molar-refractivity contribution is -0.133. The molecule has 29 heavy (non-hydrogen) atoms. The summed E-state index contributed by atoms with van der Waals surface area (Å²) in [6.07, 6.45) is 0. The first kappa shape index (κ1) is 20.6. The molecule has 0 aliphatic heterocycles. The van der Waals surface area contributed by atoms with Crippen molar-refractivity contribution in [2.24, 2.45) is 0 Å². The number of rotatable bonds is 6. The average molecular weight is 413 g/mol. The zero-order valence-electron chi connectivity index (χ0n) is 16.4. The van der Waals surface area contributed by atoms with E-state index in [0.717, 1.165) is 11.1 Å². The van der Waals surface area contributed by atoms with Crippen molar-refractivity contribution in [3.05, 3.63) is 76.0 Å². The lowest BCUT2D eigenvalue weighted by Gasteiger charge is -2.18. The van der Waals surface area contributed by atoms with E-state index >= 15 is 0 Å². The van der Waals surface area contributed by atoms with Crippen LogP contribution in [0.3, 0.4) is 0 Å². The number of halogens is 1. The first-order valence-corrected chi connectivity index (χ1v) is 9.43. The van der Waals surface area contributed by atoms with E-state index in [1.807, 2.05) is 31.2 Å². The van der Waals surface area contributed by atoms with Crippen LogP contribution in [0.2, 0.25) is 5.02 Å². The Morgan fingerprint density at radius 2 is 1.79 bits per heavy atom. The van der Waals surface area contributed by atoms with Crippen LogP contribution in [0.25, 0.3) is 11.3 Å². The first-order valence-electron chi connectivity index (χ1n) is 9.05. The van der Waals surface area contributed by atoms with E-state index in [0.29, 0.717) is 28.6 Å². The van der Waals surface area contributed by atoms with Gasteiger partial charge in [-0.3, -0.25) is 4.79 Å². The van der Waals surface area contributed by atoms with Crippen LogP contribution in [0.5, 0.6) is 0 Å². The molecule has 1 heterocycles. The molecule has 1 amide bonds. The zero-order chi connectivity index (χ0) is 21.0. The number of amides is 1. The Morgan fingerprint density at radius 1 is 1.10 bits per heavy atom. The molecule has 3 aromatic rings. The first-order chi connectivity index (χ1) is 13.9. The number of likely N-dealkylation sites (N-methyl/N-ethyl adjacent to an activating group) is 1. The molecule has 150 valence electrons. The fourth-order valence-corrected chi connectivity index (χ4v) is 3.12. The molecule has 0 spiro atoms. The summed E-state index contributed by atoms with van der Waals surface area (Å²) in [5, 5.41) is 4.37. The van der Waals surface area contributed by atoms with Gasteiger partial charge in [-0.15, -0.1) is 0 Å². The smallest absolute Gasteiger partial charge is 0.344 e. The van der Waals surface area contributed by atoms with Gasteiger partial charge in [-0.1, -0.05) is 59.2 Å². The van der Waals surface area contributed by atoms with E-state index in [9.17, 15) is 9.59 Å². The van der Waals surface area contributed by atoms with Crippen molar-refractivity contribution in [3.63, 3.8) is 0 Å². The highest BCUT2D eigenvalue weighted by Crippen LogP contribution is 2.31. The Hall–Kier alpha value is -3.12. The van der Waals surface area contributed by atoms with Gasteiger partial charge in [0.25, 0.3) is 5.91 Å².